The zero-order chi connectivity index (χ0) is 20.5. The van der Waals surface area contributed by atoms with Crippen LogP contribution >= 0.6 is 0 Å². The lowest BCUT2D eigenvalue weighted by Gasteiger charge is -2.17. The van der Waals surface area contributed by atoms with Gasteiger partial charge in [-0.3, -0.25) is 9.59 Å². The molecule has 2 aromatic carbocycles. The summed E-state index contributed by atoms with van der Waals surface area (Å²) in [4.78, 5) is 23.5. The Balaban J connectivity index is 2.05. The van der Waals surface area contributed by atoms with Crippen molar-refractivity contribution in [1.82, 2.24) is 10.6 Å². The number of nitrogens with one attached hydrogen (secondary N) is 2. The minimum absolute atomic E-state index is 0.0857. The topological polar surface area (TPSA) is 76.7 Å². The first-order valence-electron chi connectivity index (χ1n) is 9.48. The SMILES string of the molecule is CCOc1ccc(C(C)NC(=O)c2ccc(CNC(C)=O)cc2)cc1OCC. The summed E-state index contributed by atoms with van der Waals surface area (Å²) in [6.45, 7) is 8.78. The normalized spacial score (nSPS) is 11.4. The monoisotopic (exact) mass is 384 g/mol. The summed E-state index contributed by atoms with van der Waals surface area (Å²) in [7, 11) is 0. The lowest BCUT2D eigenvalue weighted by atomic mass is 10.1. The first-order chi connectivity index (χ1) is 13.4. The Hall–Kier alpha value is -3.02. The van der Waals surface area contributed by atoms with Crippen molar-refractivity contribution in [2.45, 2.75) is 40.3 Å². The fourth-order valence-corrected chi connectivity index (χ4v) is 2.70. The molecule has 0 spiro atoms. The molecular formula is C22H28N2O4. The van der Waals surface area contributed by atoms with E-state index in [2.05, 4.69) is 10.6 Å². The number of ether oxygens (including phenoxy) is 2. The van der Waals surface area contributed by atoms with E-state index in [1.807, 2.05) is 51.1 Å². The maximum atomic E-state index is 12.5. The van der Waals surface area contributed by atoms with Gasteiger partial charge in [-0.1, -0.05) is 18.2 Å². The zero-order valence-electron chi connectivity index (χ0n) is 16.9. The first-order valence-corrected chi connectivity index (χ1v) is 9.48. The van der Waals surface area contributed by atoms with E-state index in [9.17, 15) is 9.59 Å². The van der Waals surface area contributed by atoms with E-state index < -0.39 is 0 Å². The third-order valence-electron chi connectivity index (χ3n) is 4.17. The van der Waals surface area contributed by atoms with Crippen molar-refractivity contribution in [3.8, 4) is 11.5 Å². The lowest BCUT2D eigenvalue weighted by molar-refractivity contribution is -0.119. The molecule has 0 radical (unpaired) electrons. The van der Waals surface area contributed by atoms with Crippen molar-refractivity contribution in [2.75, 3.05) is 13.2 Å². The van der Waals surface area contributed by atoms with Gasteiger partial charge in [0.15, 0.2) is 11.5 Å². The van der Waals surface area contributed by atoms with Crippen molar-refractivity contribution in [3.05, 3.63) is 59.2 Å². The van der Waals surface area contributed by atoms with Crippen LogP contribution in [0.1, 0.15) is 55.2 Å². The Kier molecular flexibility index (Phi) is 7.87. The van der Waals surface area contributed by atoms with E-state index >= 15 is 0 Å². The first kappa shape index (κ1) is 21.3. The van der Waals surface area contributed by atoms with Gasteiger partial charge in [-0.2, -0.15) is 0 Å². The fourth-order valence-electron chi connectivity index (χ4n) is 2.70. The molecule has 0 bridgehead atoms. The molecule has 6 nitrogen and oxygen atoms in total. The van der Waals surface area contributed by atoms with E-state index in [1.165, 1.54) is 6.92 Å². The van der Waals surface area contributed by atoms with Crippen molar-refractivity contribution in [1.29, 1.82) is 0 Å². The summed E-state index contributed by atoms with van der Waals surface area (Å²) in [5, 5.41) is 5.73. The van der Waals surface area contributed by atoms with Crippen molar-refractivity contribution in [3.63, 3.8) is 0 Å². The molecule has 150 valence electrons. The Bertz CT molecular complexity index is 803. The number of hydrogen-bond donors (Lipinski definition) is 2. The molecule has 28 heavy (non-hydrogen) atoms. The van der Waals surface area contributed by atoms with Crippen LogP contribution in [-0.2, 0) is 11.3 Å². The Morgan fingerprint density at radius 2 is 1.61 bits per heavy atom. The largest absolute Gasteiger partial charge is 0.490 e. The van der Waals surface area contributed by atoms with Gasteiger partial charge in [-0.15, -0.1) is 0 Å². The fraction of sp³-hybridized carbons (Fsp3) is 0.364. The molecule has 0 aliphatic carbocycles. The lowest BCUT2D eigenvalue weighted by Crippen LogP contribution is -2.26. The molecule has 0 aliphatic rings. The highest BCUT2D eigenvalue weighted by Gasteiger charge is 2.14. The zero-order valence-corrected chi connectivity index (χ0v) is 16.9. The van der Waals surface area contributed by atoms with Crippen LogP contribution in [0.3, 0.4) is 0 Å². The molecule has 0 aromatic heterocycles. The molecule has 6 heteroatoms. The van der Waals surface area contributed by atoms with E-state index in [1.54, 1.807) is 12.1 Å². The predicted octanol–water partition coefficient (Wildman–Crippen LogP) is 3.61. The Labute approximate surface area is 166 Å². The van der Waals surface area contributed by atoms with Crippen molar-refractivity contribution < 1.29 is 19.1 Å². The summed E-state index contributed by atoms with van der Waals surface area (Å²) in [6, 6.07) is 12.7. The van der Waals surface area contributed by atoms with Crippen LogP contribution in [-0.4, -0.2) is 25.0 Å². The predicted molar refractivity (Wildman–Crippen MR) is 109 cm³/mol. The van der Waals surface area contributed by atoms with Crippen molar-refractivity contribution >= 4 is 11.8 Å². The van der Waals surface area contributed by atoms with Crippen LogP contribution in [0.2, 0.25) is 0 Å². The second-order valence-electron chi connectivity index (χ2n) is 6.37. The number of rotatable bonds is 9. The molecule has 0 saturated carbocycles. The molecule has 0 saturated heterocycles. The molecule has 1 atom stereocenters. The molecule has 2 aromatic rings. The highest BCUT2D eigenvalue weighted by atomic mass is 16.5. The van der Waals surface area contributed by atoms with Gasteiger partial charge in [0.25, 0.3) is 5.91 Å². The van der Waals surface area contributed by atoms with Crippen LogP contribution in [0.15, 0.2) is 42.5 Å². The maximum Gasteiger partial charge on any atom is 0.251 e. The number of benzene rings is 2. The average Bonchev–Trinajstić information content (AvgIpc) is 2.68. The van der Waals surface area contributed by atoms with Gasteiger partial charge in [0.1, 0.15) is 0 Å². The Morgan fingerprint density at radius 1 is 0.964 bits per heavy atom. The van der Waals surface area contributed by atoms with Gasteiger partial charge in [0.2, 0.25) is 5.91 Å². The van der Waals surface area contributed by atoms with E-state index in [0.29, 0.717) is 36.8 Å². The highest BCUT2D eigenvalue weighted by molar-refractivity contribution is 5.94. The van der Waals surface area contributed by atoms with Crippen molar-refractivity contribution in [2.24, 2.45) is 0 Å². The van der Waals surface area contributed by atoms with E-state index in [-0.39, 0.29) is 17.9 Å². The molecular weight excluding hydrogens is 356 g/mol. The van der Waals surface area contributed by atoms with E-state index in [0.717, 1.165) is 11.1 Å². The highest BCUT2D eigenvalue weighted by Crippen LogP contribution is 2.30. The van der Waals surface area contributed by atoms with Gasteiger partial charge in [-0.05, 0) is 56.2 Å². The summed E-state index contributed by atoms with van der Waals surface area (Å²) in [5.41, 5.74) is 2.43. The third-order valence-corrected chi connectivity index (χ3v) is 4.17. The smallest absolute Gasteiger partial charge is 0.251 e. The van der Waals surface area contributed by atoms with Crippen LogP contribution in [0.25, 0.3) is 0 Å². The van der Waals surface area contributed by atoms with E-state index in [4.69, 9.17) is 9.47 Å². The molecule has 2 rings (SSSR count). The molecule has 0 aliphatic heterocycles. The van der Waals surface area contributed by atoms with Gasteiger partial charge in [0, 0.05) is 19.0 Å². The van der Waals surface area contributed by atoms with Gasteiger partial charge < -0.3 is 20.1 Å². The Morgan fingerprint density at radius 3 is 2.21 bits per heavy atom. The van der Waals surface area contributed by atoms with Gasteiger partial charge in [-0.25, -0.2) is 0 Å². The van der Waals surface area contributed by atoms with Crippen LogP contribution < -0.4 is 20.1 Å². The van der Waals surface area contributed by atoms with Gasteiger partial charge in [0.05, 0.1) is 19.3 Å². The molecule has 1 unspecified atom stereocenters. The molecule has 2 N–H and O–H groups in total. The summed E-state index contributed by atoms with van der Waals surface area (Å²) in [6.07, 6.45) is 0. The molecule has 0 heterocycles. The van der Waals surface area contributed by atoms with Crippen LogP contribution in [0.4, 0.5) is 0 Å². The quantitative estimate of drug-likeness (QED) is 0.692. The summed E-state index contributed by atoms with van der Waals surface area (Å²) < 4.78 is 11.2. The standard InChI is InChI=1S/C22H28N2O4/c1-5-27-20-12-11-19(13-21(20)28-6-2)15(3)24-22(26)18-9-7-17(8-10-18)14-23-16(4)25/h7-13,15H,5-6,14H2,1-4H3,(H,23,25)(H,24,26). The second kappa shape index (κ2) is 10.3. The van der Waals surface area contributed by atoms with Gasteiger partial charge >= 0.3 is 0 Å². The number of carbonyl (C=O) groups is 2. The summed E-state index contributed by atoms with van der Waals surface area (Å²) in [5.74, 6) is 1.12. The second-order valence-corrected chi connectivity index (χ2v) is 6.37. The maximum absolute atomic E-state index is 12.5. The number of carbonyl (C=O) groups excluding carboxylic acids is 2. The minimum Gasteiger partial charge on any atom is -0.490 e. The average molecular weight is 384 g/mol. The third kappa shape index (κ3) is 6.01. The van der Waals surface area contributed by atoms with Crippen LogP contribution in [0.5, 0.6) is 11.5 Å². The molecule has 0 fully saturated rings. The van der Waals surface area contributed by atoms with Crippen LogP contribution in [0, 0.1) is 0 Å². The number of hydrogen-bond acceptors (Lipinski definition) is 4. The summed E-state index contributed by atoms with van der Waals surface area (Å²) >= 11 is 0. The number of amides is 2. The minimum atomic E-state index is -0.193. The molecule has 2 amide bonds.